The van der Waals surface area contributed by atoms with Gasteiger partial charge in [0.25, 0.3) is 0 Å². The van der Waals surface area contributed by atoms with Gasteiger partial charge in [-0.15, -0.1) is 0 Å². The highest BCUT2D eigenvalue weighted by molar-refractivity contribution is 5.62. The first kappa shape index (κ1) is 10.4. The predicted molar refractivity (Wildman–Crippen MR) is 67.6 cm³/mol. The van der Waals surface area contributed by atoms with Crippen molar-refractivity contribution >= 4 is 5.88 Å². The van der Waals surface area contributed by atoms with Crippen molar-refractivity contribution in [1.29, 1.82) is 0 Å². The van der Waals surface area contributed by atoms with Crippen LogP contribution in [-0.2, 0) is 0 Å². The van der Waals surface area contributed by atoms with Gasteiger partial charge >= 0.3 is 0 Å². The molecule has 0 bridgehead atoms. The molecule has 1 fully saturated rings. The van der Waals surface area contributed by atoms with Gasteiger partial charge in [-0.25, -0.2) is 0 Å². The fourth-order valence-electron chi connectivity index (χ4n) is 2.64. The Kier molecular flexibility index (Phi) is 2.59. The monoisotopic (exact) mass is 228 g/mol. The van der Waals surface area contributed by atoms with Crippen LogP contribution in [-0.4, -0.2) is 5.16 Å². The number of nitrogen functional groups attached to an aromatic ring is 1. The zero-order chi connectivity index (χ0) is 11.7. The van der Waals surface area contributed by atoms with Crippen molar-refractivity contribution < 1.29 is 4.52 Å². The molecule has 0 unspecified atom stereocenters. The molecule has 1 aliphatic rings. The van der Waals surface area contributed by atoms with E-state index < -0.39 is 0 Å². The minimum absolute atomic E-state index is 0.367. The maximum atomic E-state index is 5.55. The number of hydrogen-bond donors (Lipinski definition) is 1. The summed E-state index contributed by atoms with van der Waals surface area (Å²) in [5, 5.41) is 3.95. The fraction of sp³-hybridized carbons (Fsp3) is 0.357. The molecule has 2 aromatic rings. The van der Waals surface area contributed by atoms with Crippen molar-refractivity contribution in [3.05, 3.63) is 35.9 Å². The number of nitrogens with zero attached hydrogens (tertiary/aromatic N) is 1. The van der Waals surface area contributed by atoms with Gasteiger partial charge in [-0.05, 0) is 30.4 Å². The first-order valence-electron chi connectivity index (χ1n) is 6.15. The second-order valence-electron chi connectivity index (χ2n) is 4.72. The molecule has 2 N–H and O–H groups in total. The van der Waals surface area contributed by atoms with Crippen molar-refractivity contribution in [2.24, 2.45) is 0 Å². The summed E-state index contributed by atoms with van der Waals surface area (Å²) in [5.41, 5.74) is 8.88. The van der Waals surface area contributed by atoms with E-state index in [1.165, 1.54) is 31.2 Å². The average molecular weight is 228 g/mol. The third-order valence-corrected chi connectivity index (χ3v) is 3.54. The number of anilines is 1. The van der Waals surface area contributed by atoms with Gasteiger partial charge in [0.1, 0.15) is 5.69 Å². The molecule has 3 rings (SSSR count). The molecule has 0 saturated heterocycles. The molecule has 1 aliphatic carbocycles. The molecule has 1 heterocycles. The average Bonchev–Trinajstić information content (AvgIpc) is 3.00. The van der Waals surface area contributed by atoms with Gasteiger partial charge in [0, 0.05) is 11.6 Å². The van der Waals surface area contributed by atoms with Gasteiger partial charge in [-0.1, -0.05) is 36.2 Å². The lowest BCUT2D eigenvalue weighted by molar-refractivity contribution is 0.439. The van der Waals surface area contributed by atoms with Crippen molar-refractivity contribution in [2.45, 2.75) is 31.6 Å². The molecule has 17 heavy (non-hydrogen) atoms. The third kappa shape index (κ3) is 2.05. The molecule has 0 spiro atoms. The quantitative estimate of drug-likeness (QED) is 0.854. The molecule has 1 aromatic carbocycles. The van der Waals surface area contributed by atoms with Crippen LogP contribution in [0.1, 0.15) is 37.2 Å². The van der Waals surface area contributed by atoms with Gasteiger partial charge in [0.15, 0.2) is 0 Å². The van der Waals surface area contributed by atoms with Gasteiger partial charge in [0.05, 0.1) is 0 Å². The third-order valence-electron chi connectivity index (χ3n) is 3.54. The highest BCUT2D eigenvalue weighted by Crippen LogP contribution is 2.35. The number of benzene rings is 1. The largest absolute Gasteiger partial charge is 0.368 e. The molecule has 0 radical (unpaired) electrons. The zero-order valence-electron chi connectivity index (χ0n) is 9.73. The first-order valence-corrected chi connectivity index (χ1v) is 6.15. The Bertz CT molecular complexity index is 512. The van der Waals surface area contributed by atoms with Crippen LogP contribution >= 0.6 is 0 Å². The minimum Gasteiger partial charge on any atom is -0.368 e. The molecular weight excluding hydrogens is 212 g/mol. The van der Waals surface area contributed by atoms with E-state index in [2.05, 4.69) is 29.4 Å². The molecule has 0 amide bonds. The van der Waals surface area contributed by atoms with Crippen LogP contribution in [0.25, 0.3) is 11.3 Å². The van der Waals surface area contributed by atoms with Gasteiger partial charge < -0.3 is 10.3 Å². The lowest BCUT2D eigenvalue weighted by Crippen LogP contribution is -1.92. The van der Waals surface area contributed by atoms with E-state index in [1.807, 2.05) is 0 Å². The SMILES string of the molecule is Nc1cc(-c2cccc(C3CCCC3)c2)no1. The summed E-state index contributed by atoms with van der Waals surface area (Å²) >= 11 is 0. The van der Waals surface area contributed by atoms with E-state index in [9.17, 15) is 0 Å². The van der Waals surface area contributed by atoms with Crippen LogP contribution in [0.3, 0.4) is 0 Å². The summed E-state index contributed by atoms with van der Waals surface area (Å²) in [7, 11) is 0. The van der Waals surface area contributed by atoms with E-state index in [0.29, 0.717) is 5.88 Å². The molecule has 1 saturated carbocycles. The summed E-state index contributed by atoms with van der Waals surface area (Å²) in [6, 6.07) is 10.3. The van der Waals surface area contributed by atoms with E-state index >= 15 is 0 Å². The van der Waals surface area contributed by atoms with Gasteiger partial charge in [0.2, 0.25) is 5.88 Å². The van der Waals surface area contributed by atoms with Crippen LogP contribution in [0.4, 0.5) is 5.88 Å². The van der Waals surface area contributed by atoms with Crippen molar-refractivity contribution in [3.8, 4) is 11.3 Å². The summed E-state index contributed by atoms with van der Waals surface area (Å²) in [6.07, 6.45) is 5.33. The Balaban J connectivity index is 1.93. The number of nitrogens with two attached hydrogens (primary N) is 1. The van der Waals surface area contributed by atoms with Gasteiger partial charge in [-0.3, -0.25) is 0 Å². The Morgan fingerprint density at radius 3 is 2.71 bits per heavy atom. The second kappa shape index (κ2) is 4.24. The van der Waals surface area contributed by atoms with Crippen LogP contribution in [0.2, 0.25) is 0 Å². The van der Waals surface area contributed by atoms with Crippen molar-refractivity contribution in [1.82, 2.24) is 5.16 Å². The zero-order valence-corrected chi connectivity index (χ0v) is 9.73. The summed E-state index contributed by atoms with van der Waals surface area (Å²) in [6.45, 7) is 0. The van der Waals surface area contributed by atoms with E-state index in [-0.39, 0.29) is 0 Å². The van der Waals surface area contributed by atoms with Crippen LogP contribution in [0.15, 0.2) is 34.9 Å². The maximum absolute atomic E-state index is 5.55. The lowest BCUT2D eigenvalue weighted by atomic mass is 9.95. The van der Waals surface area contributed by atoms with Gasteiger partial charge in [-0.2, -0.15) is 0 Å². The Morgan fingerprint density at radius 1 is 1.18 bits per heavy atom. The maximum Gasteiger partial charge on any atom is 0.222 e. The molecule has 88 valence electrons. The summed E-state index contributed by atoms with van der Waals surface area (Å²) < 4.78 is 4.91. The highest BCUT2D eigenvalue weighted by Gasteiger charge is 2.17. The Hall–Kier alpha value is -1.77. The van der Waals surface area contributed by atoms with Crippen LogP contribution in [0.5, 0.6) is 0 Å². The van der Waals surface area contributed by atoms with E-state index in [0.717, 1.165) is 17.2 Å². The number of hydrogen-bond acceptors (Lipinski definition) is 3. The van der Waals surface area contributed by atoms with E-state index in [4.69, 9.17) is 10.3 Å². The van der Waals surface area contributed by atoms with Crippen LogP contribution in [0, 0.1) is 0 Å². The minimum atomic E-state index is 0.367. The van der Waals surface area contributed by atoms with Crippen molar-refractivity contribution in [3.63, 3.8) is 0 Å². The van der Waals surface area contributed by atoms with E-state index in [1.54, 1.807) is 6.07 Å². The lowest BCUT2D eigenvalue weighted by Gasteiger charge is -2.10. The Labute approximate surface area is 101 Å². The molecule has 1 aromatic heterocycles. The Morgan fingerprint density at radius 2 is 2.00 bits per heavy atom. The molecule has 0 aliphatic heterocycles. The fourth-order valence-corrected chi connectivity index (χ4v) is 2.64. The number of rotatable bonds is 2. The standard InChI is InChI=1S/C14H16N2O/c15-14-9-13(16-17-14)12-7-3-6-11(8-12)10-4-1-2-5-10/h3,6-10H,1-2,4-5,15H2. The predicted octanol–water partition coefficient (Wildman–Crippen LogP) is 3.58. The molecule has 3 heteroatoms. The summed E-state index contributed by atoms with van der Waals surface area (Å²) in [5.74, 6) is 1.09. The normalized spacial score (nSPS) is 16.5. The second-order valence-corrected chi connectivity index (χ2v) is 4.72. The molecule has 3 nitrogen and oxygen atoms in total. The molecule has 0 atom stereocenters. The highest BCUT2D eigenvalue weighted by atomic mass is 16.5. The summed E-state index contributed by atoms with van der Waals surface area (Å²) in [4.78, 5) is 0. The smallest absolute Gasteiger partial charge is 0.222 e. The van der Waals surface area contributed by atoms with Crippen molar-refractivity contribution in [2.75, 3.05) is 5.73 Å². The topological polar surface area (TPSA) is 52.0 Å². The first-order chi connectivity index (χ1) is 8.33. The van der Waals surface area contributed by atoms with Crippen LogP contribution < -0.4 is 5.73 Å². The molecular formula is C14H16N2O. The number of aromatic nitrogens is 1.